The topological polar surface area (TPSA) is 55.3 Å². The number of aromatic nitrogens is 2. The molecule has 1 aliphatic heterocycles. The van der Waals surface area contributed by atoms with Crippen molar-refractivity contribution < 1.29 is 22.7 Å². The number of carbonyl (C=O) groups excluding carboxylic acids is 1. The van der Waals surface area contributed by atoms with Crippen molar-refractivity contribution in [1.29, 1.82) is 0 Å². The molecule has 3 aromatic rings. The Morgan fingerprint density at radius 2 is 1.70 bits per heavy atom. The molecule has 30 heavy (non-hydrogen) atoms. The molecular formula is C22H20F3N3O2. The number of hydrogen-bond donors (Lipinski definition) is 0. The minimum absolute atomic E-state index is 0.198. The summed E-state index contributed by atoms with van der Waals surface area (Å²) in [6.45, 7) is 2.99. The van der Waals surface area contributed by atoms with E-state index in [2.05, 4.69) is 14.7 Å². The van der Waals surface area contributed by atoms with Crippen LogP contribution in [0.4, 0.5) is 13.2 Å². The molecule has 0 N–H and O–H groups in total. The van der Waals surface area contributed by atoms with Crippen LogP contribution in [0.25, 0.3) is 10.9 Å². The number of likely N-dealkylation sites (tertiary alicyclic amines) is 1. The third kappa shape index (κ3) is 4.37. The summed E-state index contributed by atoms with van der Waals surface area (Å²) >= 11 is 0. The van der Waals surface area contributed by atoms with Crippen molar-refractivity contribution in [2.24, 2.45) is 0 Å². The van der Waals surface area contributed by atoms with Gasteiger partial charge < -0.3 is 9.64 Å². The van der Waals surface area contributed by atoms with Crippen molar-refractivity contribution in [3.63, 3.8) is 0 Å². The normalized spacial score (nSPS) is 15.4. The molecule has 0 aliphatic carbocycles. The van der Waals surface area contributed by atoms with Gasteiger partial charge in [-0.2, -0.15) is 0 Å². The van der Waals surface area contributed by atoms with Gasteiger partial charge in [0.1, 0.15) is 11.6 Å². The molecule has 0 saturated carbocycles. The van der Waals surface area contributed by atoms with E-state index < -0.39 is 6.36 Å². The van der Waals surface area contributed by atoms with E-state index in [0.29, 0.717) is 18.7 Å². The van der Waals surface area contributed by atoms with Gasteiger partial charge in [-0.05, 0) is 50.1 Å². The summed E-state index contributed by atoms with van der Waals surface area (Å²) < 4.78 is 40.7. The number of carbonyl (C=O) groups is 1. The summed E-state index contributed by atoms with van der Waals surface area (Å²) in [6, 6.07) is 12.9. The number of benzene rings is 2. The van der Waals surface area contributed by atoms with E-state index in [1.165, 1.54) is 12.1 Å². The van der Waals surface area contributed by atoms with Gasteiger partial charge in [-0.3, -0.25) is 4.79 Å². The number of rotatable bonds is 3. The lowest BCUT2D eigenvalue weighted by Crippen LogP contribution is -2.38. The Balaban J connectivity index is 1.44. The molecule has 156 valence electrons. The fourth-order valence-corrected chi connectivity index (χ4v) is 3.87. The second-order valence-corrected chi connectivity index (χ2v) is 7.31. The van der Waals surface area contributed by atoms with Crippen LogP contribution in [-0.4, -0.2) is 40.2 Å². The molecule has 1 saturated heterocycles. The molecule has 0 atom stereocenters. The predicted molar refractivity (Wildman–Crippen MR) is 105 cm³/mol. The van der Waals surface area contributed by atoms with E-state index in [-0.39, 0.29) is 17.6 Å². The fraction of sp³-hybridized carbons (Fsp3) is 0.318. The van der Waals surface area contributed by atoms with Gasteiger partial charge in [0.05, 0.1) is 11.2 Å². The van der Waals surface area contributed by atoms with Crippen LogP contribution >= 0.6 is 0 Å². The van der Waals surface area contributed by atoms with Crippen molar-refractivity contribution in [3.05, 3.63) is 65.6 Å². The first-order chi connectivity index (χ1) is 14.3. The molecule has 0 unspecified atom stereocenters. The van der Waals surface area contributed by atoms with Crippen LogP contribution in [0.15, 0.2) is 48.5 Å². The molecule has 2 aromatic carbocycles. The van der Waals surface area contributed by atoms with E-state index in [1.807, 2.05) is 31.2 Å². The number of para-hydroxylation sites is 1. The van der Waals surface area contributed by atoms with Crippen LogP contribution < -0.4 is 4.74 Å². The first-order valence-electron chi connectivity index (χ1n) is 9.68. The van der Waals surface area contributed by atoms with Crippen molar-refractivity contribution >= 4 is 16.8 Å². The summed E-state index contributed by atoms with van der Waals surface area (Å²) in [4.78, 5) is 23.6. The van der Waals surface area contributed by atoms with Crippen molar-refractivity contribution in [1.82, 2.24) is 14.9 Å². The highest BCUT2D eigenvalue weighted by Gasteiger charge is 2.31. The molecule has 0 radical (unpaired) electrons. The van der Waals surface area contributed by atoms with Crippen molar-refractivity contribution in [3.8, 4) is 5.75 Å². The molecule has 1 aliphatic rings. The Bertz CT molecular complexity index is 1060. The first-order valence-corrected chi connectivity index (χ1v) is 9.68. The van der Waals surface area contributed by atoms with E-state index in [4.69, 9.17) is 0 Å². The number of ether oxygens (including phenoxy) is 1. The van der Waals surface area contributed by atoms with Crippen LogP contribution in [0.2, 0.25) is 0 Å². The quantitative estimate of drug-likeness (QED) is 0.613. The number of alkyl halides is 3. The highest BCUT2D eigenvalue weighted by molar-refractivity contribution is 5.94. The van der Waals surface area contributed by atoms with Gasteiger partial charge >= 0.3 is 6.36 Å². The zero-order valence-electron chi connectivity index (χ0n) is 16.3. The van der Waals surface area contributed by atoms with Crippen LogP contribution in [0, 0.1) is 6.92 Å². The summed E-state index contributed by atoms with van der Waals surface area (Å²) in [5.74, 6) is 0.408. The smallest absolute Gasteiger partial charge is 0.406 e. The third-order valence-electron chi connectivity index (χ3n) is 5.25. The monoisotopic (exact) mass is 415 g/mol. The van der Waals surface area contributed by atoms with Gasteiger partial charge in [-0.25, -0.2) is 9.97 Å². The number of hydrogen-bond acceptors (Lipinski definition) is 4. The molecular weight excluding hydrogens is 395 g/mol. The number of aryl methyl sites for hydroxylation is 1. The summed E-state index contributed by atoms with van der Waals surface area (Å²) in [5, 5.41) is 1.04. The minimum Gasteiger partial charge on any atom is -0.406 e. The predicted octanol–water partition coefficient (Wildman–Crippen LogP) is 4.86. The molecule has 0 bridgehead atoms. The average Bonchev–Trinajstić information content (AvgIpc) is 2.72. The Labute approximate surface area is 171 Å². The lowest BCUT2D eigenvalue weighted by molar-refractivity contribution is -0.274. The number of piperidine rings is 1. The molecule has 8 heteroatoms. The SMILES string of the molecule is Cc1nc(C2CCN(C(=O)c3ccc(OC(F)(F)F)cc3)CC2)c2ccccc2n1. The number of fused-ring (bicyclic) bond motifs is 1. The lowest BCUT2D eigenvalue weighted by atomic mass is 9.90. The summed E-state index contributed by atoms with van der Waals surface area (Å²) in [7, 11) is 0. The molecule has 4 rings (SSSR count). The maximum absolute atomic E-state index is 12.7. The van der Waals surface area contributed by atoms with Crippen LogP contribution in [-0.2, 0) is 0 Å². The molecule has 2 heterocycles. The Morgan fingerprint density at radius 3 is 2.37 bits per heavy atom. The molecule has 0 spiro atoms. The molecule has 1 fully saturated rings. The molecule has 1 aromatic heterocycles. The highest BCUT2D eigenvalue weighted by atomic mass is 19.4. The first kappa shape index (κ1) is 20.1. The Hall–Kier alpha value is -3.16. The zero-order valence-corrected chi connectivity index (χ0v) is 16.3. The zero-order chi connectivity index (χ0) is 21.3. The second kappa shape index (κ2) is 7.93. The Kier molecular flexibility index (Phi) is 5.32. The third-order valence-corrected chi connectivity index (χ3v) is 5.25. The Morgan fingerprint density at radius 1 is 1.03 bits per heavy atom. The lowest BCUT2D eigenvalue weighted by Gasteiger charge is -2.32. The molecule has 1 amide bonds. The number of nitrogens with zero attached hydrogens (tertiary/aromatic N) is 3. The van der Waals surface area contributed by atoms with Crippen molar-refractivity contribution in [2.75, 3.05) is 13.1 Å². The van der Waals surface area contributed by atoms with Gasteiger partial charge in [0.25, 0.3) is 5.91 Å². The molecule has 5 nitrogen and oxygen atoms in total. The number of halogens is 3. The minimum atomic E-state index is -4.75. The summed E-state index contributed by atoms with van der Waals surface area (Å²) in [5.41, 5.74) is 2.27. The van der Waals surface area contributed by atoms with Gasteiger partial charge in [0, 0.05) is 30.0 Å². The number of amides is 1. The van der Waals surface area contributed by atoms with E-state index >= 15 is 0 Å². The second-order valence-electron chi connectivity index (χ2n) is 7.31. The van der Waals surface area contributed by atoms with Gasteiger partial charge in [-0.1, -0.05) is 18.2 Å². The van der Waals surface area contributed by atoms with Gasteiger partial charge in [0.2, 0.25) is 0 Å². The van der Waals surface area contributed by atoms with E-state index in [0.717, 1.165) is 47.4 Å². The van der Waals surface area contributed by atoms with Gasteiger partial charge in [-0.15, -0.1) is 13.2 Å². The van der Waals surface area contributed by atoms with Crippen LogP contribution in [0.5, 0.6) is 5.75 Å². The van der Waals surface area contributed by atoms with Crippen LogP contribution in [0.1, 0.15) is 40.6 Å². The summed E-state index contributed by atoms with van der Waals surface area (Å²) in [6.07, 6.45) is -3.22. The maximum atomic E-state index is 12.7. The van der Waals surface area contributed by atoms with E-state index in [9.17, 15) is 18.0 Å². The fourth-order valence-electron chi connectivity index (χ4n) is 3.87. The van der Waals surface area contributed by atoms with Crippen LogP contribution in [0.3, 0.4) is 0 Å². The van der Waals surface area contributed by atoms with E-state index in [1.54, 1.807) is 4.90 Å². The highest BCUT2D eigenvalue weighted by Crippen LogP contribution is 2.32. The largest absolute Gasteiger partial charge is 0.573 e. The maximum Gasteiger partial charge on any atom is 0.573 e. The average molecular weight is 415 g/mol. The standard InChI is InChI=1S/C22H20F3N3O2/c1-14-26-19-5-3-2-4-18(19)20(27-14)15-10-12-28(13-11-15)21(29)16-6-8-17(9-7-16)30-22(23,24)25/h2-9,15H,10-13H2,1H3. The van der Waals surface area contributed by atoms with Gasteiger partial charge in [0.15, 0.2) is 0 Å². The van der Waals surface area contributed by atoms with Crippen molar-refractivity contribution in [2.45, 2.75) is 32.0 Å².